The summed E-state index contributed by atoms with van der Waals surface area (Å²) < 4.78 is 10.4. The third-order valence-electron chi connectivity index (χ3n) is 4.20. The van der Waals surface area contributed by atoms with Gasteiger partial charge in [0, 0.05) is 0 Å². The average molecular weight is 398 g/mol. The molecule has 0 atom stereocenters. The van der Waals surface area contributed by atoms with Crippen LogP contribution in [-0.4, -0.2) is 25.2 Å². The molecule has 0 aromatic heterocycles. The number of carbonyl (C=O) groups is 2. The Morgan fingerprint density at radius 1 is 0.567 bits per heavy atom. The second kappa shape index (κ2) is 11.2. The Hall–Kier alpha value is -3.92. The van der Waals surface area contributed by atoms with Crippen molar-refractivity contribution in [1.82, 2.24) is 0 Å². The number of benzene rings is 3. The molecule has 0 saturated carbocycles. The summed E-state index contributed by atoms with van der Waals surface area (Å²) in [5, 5.41) is 0. The third kappa shape index (κ3) is 6.60. The van der Waals surface area contributed by atoms with Gasteiger partial charge in [0.1, 0.15) is 13.2 Å². The summed E-state index contributed by atoms with van der Waals surface area (Å²) in [5.41, 5.74) is 3.07. The third-order valence-corrected chi connectivity index (χ3v) is 4.20. The molecule has 30 heavy (non-hydrogen) atoms. The van der Waals surface area contributed by atoms with Crippen molar-refractivity contribution >= 4 is 24.1 Å². The number of rotatable bonds is 8. The summed E-state index contributed by atoms with van der Waals surface area (Å²) in [6.07, 6.45) is 7.39. The molecule has 0 amide bonds. The van der Waals surface area contributed by atoms with E-state index in [1.54, 1.807) is 60.7 Å². The molecule has 150 valence electrons. The van der Waals surface area contributed by atoms with Crippen LogP contribution in [0.3, 0.4) is 0 Å². The molecule has 0 bridgehead atoms. The molecule has 4 heteroatoms. The molecule has 0 unspecified atom stereocenters. The van der Waals surface area contributed by atoms with Gasteiger partial charge in [-0.2, -0.15) is 0 Å². The second-order valence-corrected chi connectivity index (χ2v) is 6.40. The SMILES string of the molecule is O=C(OC/C=C/c1ccc(/C=C/COC(=O)c2ccccc2)cc1)c1ccccc1. The molecule has 3 aromatic rings. The van der Waals surface area contributed by atoms with E-state index in [-0.39, 0.29) is 25.2 Å². The lowest BCUT2D eigenvalue weighted by molar-refractivity contribution is 0.0541. The first-order chi connectivity index (χ1) is 14.7. The van der Waals surface area contributed by atoms with Gasteiger partial charge >= 0.3 is 11.9 Å². The van der Waals surface area contributed by atoms with Crippen LogP contribution < -0.4 is 0 Å². The van der Waals surface area contributed by atoms with Crippen molar-refractivity contribution in [2.75, 3.05) is 13.2 Å². The topological polar surface area (TPSA) is 52.6 Å². The van der Waals surface area contributed by atoms with Crippen LogP contribution in [0.2, 0.25) is 0 Å². The van der Waals surface area contributed by atoms with Gasteiger partial charge in [0.25, 0.3) is 0 Å². The number of carbonyl (C=O) groups excluding carboxylic acids is 2. The Balaban J connectivity index is 1.41. The molecular formula is C26H22O4. The Labute approximate surface area is 176 Å². The largest absolute Gasteiger partial charge is 0.458 e. The van der Waals surface area contributed by atoms with Crippen LogP contribution >= 0.6 is 0 Å². The van der Waals surface area contributed by atoms with E-state index in [2.05, 4.69) is 0 Å². The van der Waals surface area contributed by atoms with Crippen LogP contribution in [0.25, 0.3) is 12.2 Å². The van der Waals surface area contributed by atoms with Crippen LogP contribution in [0.1, 0.15) is 31.8 Å². The number of esters is 2. The van der Waals surface area contributed by atoms with Crippen molar-refractivity contribution in [2.45, 2.75) is 0 Å². The zero-order chi connectivity index (χ0) is 21.0. The van der Waals surface area contributed by atoms with Gasteiger partial charge in [-0.15, -0.1) is 0 Å². The molecule has 0 saturated heterocycles. The predicted octanol–water partition coefficient (Wildman–Crippen LogP) is 5.43. The smallest absolute Gasteiger partial charge is 0.338 e. The lowest BCUT2D eigenvalue weighted by Crippen LogP contribution is -2.04. The Kier molecular flexibility index (Phi) is 7.75. The van der Waals surface area contributed by atoms with Gasteiger partial charge in [-0.25, -0.2) is 9.59 Å². The van der Waals surface area contributed by atoms with Crippen LogP contribution in [0, 0.1) is 0 Å². The highest BCUT2D eigenvalue weighted by Gasteiger charge is 2.04. The first-order valence-electron chi connectivity index (χ1n) is 9.60. The maximum atomic E-state index is 11.9. The molecule has 0 radical (unpaired) electrons. The minimum atomic E-state index is -0.339. The second-order valence-electron chi connectivity index (χ2n) is 6.40. The monoisotopic (exact) mass is 398 g/mol. The molecule has 0 heterocycles. The Bertz CT molecular complexity index is 919. The van der Waals surface area contributed by atoms with Crippen molar-refractivity contribution < 1.29 is 19.1 Å². The molecule has 3 aromatic carbocycles. The van der Waals surface area contributed by atoms with Gasteiger partial charge in [-0.3, -0.25) is 0 Å². The predicted molar refractivity (Wildman–Crippen MR) is 118 cm³/mol. The van der Waals surface area contributed by atoms with E-state index in [4.69, 9.17) is 9.47 Å². The first-order valence-corrected chi connectivity index (χ1v) is 9.60. The van der Waals surface area contributed by atoms with Gasteiger partial charge in [0.15, 0.2) is 0 Å². The van der Waals surface area contributed by atoms with E-state index in [0.29, 0.717) is 11.1 Å². The molecular weight excluding hydrogens is 376 g/mol. The number of hydrogen-bond acceptors (Lipinski definition) is 4. The fourth-order valence-corrected chi connectivity index (χ4v) is 2.65. The molecule has 0 spiro atoms. The van der Waals surface area contributed by atoms with E-state index in [1.165, 1.54) is 0 Å². The van der Waals surface area contributed by atoms with Gasteiger partial charge in [-0.05, 0) is 47.5 Å². The molecule has 0 fully saturated rings. The fraction of sp³-hybridized carbons (Fsp3) is 0.0769. The van der Waals surface area contributed by atoms with E-state index in [9.17, 15) is 9.59 Å². The highest BCUT2D eigenvalue weighted by molar-refractivity contribution is 5.89. The van der Waals surface area contributed by atoms with E-state index < -0.39 is 0 Å². The van der Waals surface area contributed by atoms with Gasteiger partial charge in [0.05, 0.1) is 11.1 Å². The maximum absolute atomic E-state index is 11.9. The lowest BCUT2D eigenvalue weighted by atomic mass is 10.1. The maximum Gasteiger partial charge on any atom is 0.338 e. The molecule has 0 aliphatic heterocycles. The fourth-order valence-electron chi connectivity index (χ4n) is 2.65. The normalized spacial score (nSPS) is 10.9. The van der Waals surface area contributed by atoms with Crippen molar-refractivity contribution in [3.05, 3.63) is 119 Å². The molecule has 0 aliphatic rings. The highest BCUT2D eigenvalue weighted by atomic mass is 16.5. The minimum Gasteiger partial charge on any atom is -0.458 e. The van der Waals surface area contributed by atoms with Crippen LogP contribution in [0.15, 0.2) is 97.1 Å². The lowest BCUT2D eigenvalue weighted by Gasteiger charge is -2.02. The van der Waals surface area contributed by atoms with Crippen LogP contribution in [-0.2, 0) is 9.47 Å². The first kappa shape index (κ1) is 20.8. The standard InChI is InChI=1S/C26H22O4/c27-25(23-11-3-1-4-12-23)29-19-7-9-21-15-17-22(18-16-21)10-8-20-30-26(28)24-13-5-2-6-14-24/h1-18H,19-20H2/b9-7+,10-8+. The summed E-state index contributed by atoms with van der Waals surface area (Å²) >= 11 is 0. The summed E-state index contributed by atoms with van der Waals surface area (Å²) in [5.74, 6) is -0.678. The molecule has 3 rings (SSSR count). The van der Waals surface area contributed by atoms with E-state index in [1.807, 2.05) is 48.6 Å². The van der Waals surface area contributed by atoms with Crippen molar-refractivity contribution in [1.29, 1.82) is 0 Å². The molecule has 0 aliphatic carbocycles. The minimum absolute atomic E-state index is 0.210. The molecule has 0 N–H and O–H groups in total. The zero-order valence-corrected chi connectivity index (χ0v) is 16.4. The molecule has 4 nitrogen and oxygen atoms in total. The summed E-state index contributed by atoms with van der Waals surface area (Å²) in [6.45, 7) is 0.421. The Morgan fingerprint density at radius 2 is 0.933 bits per heavy atom. The van der Waals surface area contributed by atoms with Crippen molar-refractivity contribution in [3.63, 3.8) is 0 Å². The van der Waals surface area contributed by atoms with Gasteiger partial charge < -0.3 is 9.47 Å². The number of ether oxygens (including phenoxy) is 2. The van der Waals surface area contributed by atoms with Crippen molar-refractivity contribution in [3.8, 4) is 0 Å². The number of hydrogen-bond donors (Lipinski definition) is 0. The summed E-state index contributed by atoms with van der Waals surface area (Å²) in [6, 6.07) is 25.7. The highest BCUT2D eigenvalue weighted by Crippen LogP contribution is 2.09. The van der Waals surface area contributed by atoms with Crippen LogP contribution in [0.4, 0.5) is 0 Å². The van der Waals surface area contributed by atoms with Gasteiger partial charge in [-0.1, -0.05) is 72.8 Å². The Morgan fingerprint density at radius 3 is 1.30 bits per heavy atom. The quantitative estimate of drug-likeness (QED) is 0.475. The summed E-state index contributed by atoms with van der Waals surface area (Å²) in [7, 11) is 0. The van der Waals surface area contributed by atoms with E-state index >= 15 is 0 Å². The van der Waals surface area contributed by atoms with Gasteiger partial charge in [0.2, 0.25) is 0 Å². The van der Waals surface area contributed by atoms with Crippen molar-refractivity contribution in [2.24, 2.45) is 0 Å². The average Bonchev–Trinajstić information content (AvgIpc) is 2.81. The van der Waals surface area contributed by atoms with E-state index in [0.717, 1.165) is 11.1 Å². The summed E-state index contributed by atoms with van der Waals surface area (Å²) in [4.78, 5) is 23.7. The van der Waals surface area contributed by atoms with Crippen LogP contribution in [0.5, 0.6) is 0 Å². The zero-order valence-electron chi connectivity index (χ0n) is 16.4.